The number of rotatable bonds is 6. The zero-order chi connectivity index (χ0) is 13.5. The van der Waals surface area contributed by atoms with Crippen LogP contribution in [0.4, 0.5) is 0 Å². The topological polar surface area (TPSA) is 49.7 Å². The minimum Gasteiger partial charge on any atom is -0.508 e. The zero-order valence-corrected chi connectivity index (χ0v) is 11.2. The first kappa shape index (κ1) is 13.8. The third kappa shape index (κ3) is 4.85. The van der Waals surface area contributed by atoms with Crippen LogP contribution in [0, 0.1) is 0 Å². The molecule has 0 aliphatic heterocycles. The third-order valence-electron chi connectivity index (χ3n) is 2.45. The van der Waals surface area contributed by atoms with Crippen molar-refractivity contribution in [3.05, 3.63) is 54.6 Å². The molecule has 2 aromatic carbocycles. The van der Waals surface area contributed by atoms with Crippen molar-refractivity contribution in [3.8, 4) is 11.5 Å². The highest BCUT2D eigenvalue weighted by atomic mass is 32.2. The Morgan fingerprint density at radius 3 is 2.58 bits per heavy atom. The van der Waals surface area contributed by atoms with Crippen molar-refractivity contribution >= 4 is 11.8 Å². The molecule has 0 aliphatic carbocycles. The molecular weight excluding hydrogens is 260 g/mol. The fraction of sp³-hybridized carbons (Fsp3) is 0.200. The Hall–Kier alpha value is -1.65. The van der Waals surface area contributed by atoms with Crippen molar-refractivity contribution in [2.45, 2.75) is 11.0 Å². The molecule has 19 heavy (non-hydrogen) atoms. The standard InChI is InChI=1S/C15H16O3S/c16-12-5-4-8-15(9-12)19-11-13(17)10-18-14-6-2-1-3-7-14/h1-9,13,16-17H,10-11H2. The Balaban J connectivity index is 1.74. The molecule has 2 aromatic rings. The molecule has 0 bridgehead atoms. The molecule has 0 saturated heterocycles. The summed E-state index contributed by atoms with van der Waals surface area (Å²) in [5.74, 6) is 1.51. The van der Waals surface area contributed by atoms with Gasteiger partial charge in [-0.1, -0.05) is 24.3 Å². The number of para-hydroxylation sites is 1. The number of hydrogen-bond donors (Lipinski definition) is 2. The van der Waals surface area contributed by atoms with Gasteiger partial charge in [-0.2, -0.15) is 0 Å². The van der Waals surface area contributed by atoms with Gasteiger partial charge in [0.15, 0.2) is 0 Å². The lowest BCUT2D eigenvalue weighted by Crippen LogP contribution is -2.19. The van der Waals surface area contributed by atoms with E-state index in [2.05, 4.69) is 0 Å². The van der Waals surface area contributed by atoms with E-state index in [1.54, 1.807) is 18.2 Å². The van der Waals surface area contributed by atoms with Crippen molar-refractivity contribution in [2.24, 2.45) is 0 Å². The average Bonchev–Trinajstić information content (AvgIpc) is 2.44. The molecule has 0 heterocycles. The van der Waals surface area contributed by atoms with Crippen LogP contribution in [-0.4, -0.2) is 28.7 Å². The number of thioether (sulfide) groups is 1. The molecule has 2 rings (SSSR count). The van der Waals surface area contributed by atoms with Crippen molar-refractivity contribution < 1.29 is 14.9 Å². The summed E-state index contributed by atoms with van der Waals surface area (Å²) in [6.45, 7) is 0.260. The molecule has 0 amide bonds. The van der Waals surface area contributed by atoms with Gasteiger partial charge < -0.3 is 14.9 Å². The van der Waals surface area contributed by atoms with Gasteiger partial charge in [-0.15, -0.1) is 11.8 Å². The van der Waals surface area contributed by atoms with E-state index in [1.165, 1.54) is 11.8 Å². The highest BCUT2D eigenvalue weighted by Crippen LogP contribution is 2.22. The van der Waals surface area contributed by atoms with Gasteiger partial charge in [0.2, 0.25) is 0 Å². The molecule has 0 fully saturated rings. The molecule has 100 valence electrons. The Kier molecular flexibility index (Phi) is 5.12. The molecule has 2 N–H and O–H groups in total. The lowest BCUT2D eigenvalue weighted by Gasteiger charge is -2.12. The second-order valence-corrected chi connectivity index (χ2v) is 5.18. The maximum absolute atomic E-state index is 9.83. The minimum absolute atomic E-state index is 0.236. The van der Waals surface area contributed by atoms with Crippen LogP contribution >= 0.6 is 11.8 Å². The van der Waals surface area contributed by atoms with Crippen molar-refractivity contribution in [1.29, 1.82) is 0 Å². The normalized spacial score (nSPS) is 12.1. The predicted molar refractivity (Wildman–Crippen MR) is 76.8 cm³/mol. The molecule has 0 saturated carbocycles. The van der Waals surface area contributed by atoms with Crippen LogP contribution in [-0.2, 0) is 0 Å². The summed E-state index contributed by atoms with van der Waals surface area (Å²) in [6, 6.07) is 16.4. The van der Waals surface area contributed by atoms with Gasteiger partial charge in [-0.25, -0.2) is 0 Å². The number of hydrogen-bond acceptors (Lipinski definition) is 4. The highest BCUT2D eigenvalue weighted by Gasteiger charge is 2.06. The van der Waals surface area contributed by atoms with Gasteiger partial charge in [0.05, 0.1) is 6.10 Å². The van der Waals surface area contributed by atoms with E-state index in [1.807, 2.05) is 36.4 Å². The first-order valence-electron chi connectivity index (χ1n) is 6.02. The number of phenols is 1. The zero-order valence-electron chi connectivity index (χ0n) is 10.4. The second-order valence-electron chi connectivity index (χ2n) is 4.09. The Morgan fingerprint density at radius 2 is 1.84 bits per heavy atom. The second kappa shape index (κ2) is 7.07. The highest BCUT2D eigenvalue weighted by molar-refractivity contribution is 7.99. The van der Waals surface area contributed by atoms with Crippen molar-refractivity contribution in [1.82, 2.24) is 0 Å². The number of phenolic OH excluding ortho intramolecular Hbond substituents is 1. The summed E-state index contributed by atoms with van der Waals surface area (Å²) in [7, 11) is 0. The van der Waals surface area contributed by atoms with Crippen LogP contribution in [0.3, 0.4) is 0 Å². The Morgan fingerprint density at radius 1 is 1.05 bits per heavy atom. The van der Waals surface area contributed by atoms with Crippen LogP contribution in [0.15, 0.2) is 59.5 Å². The number of aromatic hydroxyl groups is 1. The first-order chi connectivity index (χ1) is 9.24. The van der Waals surface area contributed by atoms with E-state index in [9.17, 15) is 10.2 Å². The van der Waals surface area contributed by atoms with Gasteiger partial charge in [0, 0.05) is 10.6 Å². The Bertz CT molecular complexity index is 502. The van der Waals surface area contributed by atoms with Gasteiger partial charge in [0.25, 0.3) is 0 Å². The van der Waals surface area contributed by atoms with E-state index in [0.29, 0.717) is 5.75 Å². The van der Waals surface area contributed by atoms with Gasteiger partial charge in [-0.3, -0.25) is 0 Å². The van der Waals surface area contributed by atoms with E-state index in [-0.39, 0.29) is 12.4 Å². The van der Waals surface area contributed by atoms with E-state index < -0.39 is 6.10 Å². The molecule has 0 spiro atoms. The number of benzene rings is 2. The summed E-state index contributed by atoms with van der Waals surface area (Å²) >= 11 is 1.49. The lowest BCUT2D eigenvalue weighted by atomic mass is 10.3. The monoisotopic (exact) mass is 276 g/mol. The van der Waals surface area contributed by atoms with Crippen LogP contribution in [0.2, 0.25) is 0 Å². The molecular formula is C15H16O3S. The summed E-state index contributed by atoms with van der Waals surface area (Å²) in [5, 5.41) is 19.2. The average molecular weight is 276 g/mol. The quantitative estimate of drug-likeness (QED) is 0.796. The van der Waals surface area contributed by atoms with Crippen molar-refractivity contribution in [2.75, 3.05) is 12.4 Å². The Labute approximate surface area is 116 Å². The summed E-state index contributed by atoms with van der Waals surface area (Å²) in [5.41, 5.74) is 0. The number of ether oxygens (including phenoxy) is 1. The summed E-state index contributed by atoms with van der Waals surface area (Å²) in [6.07, 6.45) is -0.549. The molecule has 3 nitrogen and oxygen atoms in total. The molecule has 4 heteroatoms. The summed E-state index contributed by atoms with van der Waals surface area (Å²) in [4.78, 5) is 0.929. The van der Waals surface area contributed by atoms with Gasteiger partial charge in [-0.05, 0) is 30.3 Å². The predicted octanol–water partition coefficient (Wildman–Crippen LogP) is 2.92. The van der Waals surface area contributed by atoms with Crippen LogP contribution in [0.5, 0.6) is 11.5 Å². The van der Waals surface area contributed by atoms with Gasteiger partial charge in [0.1, 0.15) is 18.1 Å². The first-order valence-corrected chi connectivity index (χ1v) is 7.00. The van der Waals surface area contributed by atoms with Crippen LogP contribution < -0.4 is 4.74 Å². The molecule has 1 atom stereocenters. The molecule has 0 radical (unpaired) electrons. The lowest BCUT2D eigenvalue weighted by molar-refractivity contribution is 0.126. The maximum Gasteiger partial charge on any atom is 0.119 e. The van der Waals surface area contributed by atoms with E-state index in [0.717, 1.165) is 10.6 Å². The van der Waals surface area contributed by atoms with Crippen LogP contribution in [0.25, 0.3) is 0 Å². The molecule has 0 aromatic heterocycles. The van der Waals surface area contributed by atoms with E-state index in [4.69, 9.17) is 4.74 Å². The number of aliphatic hydroxyl groups is 1. The SMILES string of the molecule is Oc1cccc(SCC(O)COc2ccccc2)c1. The number of aliphatic hydroxyl groups excluding tert-OH is 1. The molecule has 1 unspecified atom stereocenters. The van der Waals surface area contributed by atoms with Crippen molar-refractivity contribution in [3.63, 3.8) is 0 Å². The summed E-state index contributed by atoms with van der Waals surface area (Å²) < 4.78 is 5.47. The van der Waals surface area contributed by atoms with E-state index >= 15 is 0 Å². The maximum atomic E-state index is 9.83. The van der Waals surface area contributed by atoms with Gasteiger partial charge >= 0.3 is 0 Å². The largest absolute Gasteiger partial charge is 0.508 e. The fourth-order valence-corrected chi connectivity index (χ4v) is 2.38. The smallest absolute Gasteiger partial charge is 0.119 e. The third-order valence-corrected chi connectivity index (χ3v) is 3.58. The van der Waals surface area contributed by atoms with Crippen LogP contribution in [0.1, 0.15) is 0 Å². The molecule has 0 aliphatic rings. The minimum atomic E-state index is -0.549. The fourth-order valence-electron chi connectivity index (χ4n) is 1.52.